The number of hydrogen-bond acceptors (Lipinski definition) is 0. The Kier molecular flexibility index (Phi) is 3.41. The third kappa shape index (κ3) is 2.40. The molecule has 104 valence electrons. The molecule has 1 saturated carbocycles. The van der Waals surface area contributed by atoms with Gasteiger partial charge in [0.25, 0.3) is 0 Å². The lowest BCUT2D eigenvalue weighted by Gasteiger charge is -2.16. The molecule has 0 aromatic heterocycles. The van der Waals surface area contributed by atoms with Crippen molar-refractivity contribution < 1.29 is 0 Å². The third-order valence-electron chi connectivity index (χ3n) is 4.63. The molecule has 0 amide bonds. The van der Waals surface area contributed by atoms with Crippen LogP contribution in [-0.2, 0) is 0 Å². The van der Waals surface area contributed by atoms with Gasteiger partial charge in [0, 0.05) is 0 Å². The van der Waals surface area contributed by atoms with E-state index in [0.717, 1.165) is 0 Å². The smallest absolute Gasteiger partial charge is 0.0235 e. The van der Waals surface area contributed by atoms with Crippen LogP contribution in [0.3, 0.4) is 0 Å². The van der Waals surface area contributed by atoms with Gasteiger partial charge in [0.2, 0.25) is 0 Å². The van der Waals surface area contributed by atoms with Crippen molar-refractivity contribution >= 4 is 0 Å². The Hall–Kier alpha value is -1.56. The van der Waals surface area contributed by atoms with Gasteiger partial charge in [0.1, 0.15) is 0 Å². The Morgan fingerprint density at radius 3 is 1.00 bits per heavy atom. The molecule has 1 fully saturated rings. The predicted molar refractivity (Wildman–Crippen MR) is 87.5 cm³/mol. The van der Waals surface area contributed by atoms with Crippen LogP contribution in [0, 0.1) is 0 Å². The number of hydrogen-bond donors (Lipinski definition) is 0. The molecule has 3 aliphatic carbocycles. The van der Waals surface area contributed by atoms with Gasteiger partial charge in [0.05, 0.1) is 0 Å². The average Bonchev–Trinajstić information content (AvgIpc) is 2.94. The molecule has 0 unspecified atom stereocenters. The lowest BCUT2D eigenvalue weighted by molar-refractivity contribution is 0.834. The van der Waals surface area contributed by atoms with Crippen molar-refractivity contribution in [2.75, 3.05) is 0 Å². The van der Waals surface area contributed by atoms with Crippen LogP contribution >= 0.6 is 0 Å². The van der Waals surface area contributed by atoms with Crippen molar-refractivity contribution in [3.63, 3.8) is 0 Å². The number of fused-ring (bicyclic) bond motifs is 2. The summed E-state index contributed by atoms with van der Waals surface area (Å²) in [6, 6.07) is 0. The maximum atomic E-state index is 2.41. The molecule has 0 spiro atoms. The standard InChI is InChI=1S/C20H24/c1-13(2)19-9-15-5-7-17-11-20(14(3)4)12-18(17)8-6-16(15)10-19/h9-12H,5-8H2,1-4H3. The van der Waals surface area contributed by atoms with E-state index >= 15 is 0 Å². The topological polar surface area (TPSA) is 0 Å². The van der Waals surface area contributed by atoms with E-state index in [2.05, 4.69) is 52.0 Å². The zero-order chi connectivity index (χ0) is 14.3. The minimum Gasteiger partial charge on any atom is -0.0692 e. The SMILES string of the molecule is CC(C)=C1C=C2CCC3=CC(=C(C)C)C=C3CCC2=C1. The van der Waals surface area contributed by atoms with E-state index in [0.29, 0.717) is 0 Å². The summed E-state index contributed by atoms with van der Waals surface area (Å²) in [4.78, 5) is 0. The predicted octanol–water partition coefficient (Wildman–Crippen LogP) is 5.97. The average molecular weight is 264 g/mol. The second-order valence-corrected chi connectivity index (χ2v) is 6.59. The molecular weight excluding hydrogens is 240 g/mol. The van der Waals surface area contributed by atoms with E-state index in [1.165, 1.54) is 48.0 Å². The Bertz CT molecular complexity index is 530. The Labute approximate surface area is 123 Å². The summed E-state index contributed by atoms with van der Waals surface area (Å²) >= 11 is 0. The van der Waals surface area contributed by atoms with Gasteiger partial charge in [-0.25, -0.2) is 0 Å². The molecule has 0 saturated heterocycles. The highest BCUT2D eigenvalue weighted by atomic mass is 14.3. The molecule has 0 heteroatoms. The lowest BCUT2D eigenvalue weighted by atomic mass is 9.89. The van der Waals surface area contributed by atoms with Crippen molar-refractivity contribution in [2.24, 2.45) is 0 Å². The first-order valence-corrected chi connectivity index (χ1v) is 7.72. The molecule has 0 radical (unpaired) electrons. The van der Waals surface area contributed by atoms with Crippen LogP contribution in [-0.4, -0.2) is 0 Å². The molecule has 0 N–H and O–H groups in total. The fourth-order valence-electron chi connectivity index (χ4n) is 3.25. The monoisotopic (exact) mass is 264 g/mol. The first kappa shape index (κ1) is 13.4. The van der Waals surface area contributed by atoms with Crippen molar-refractivity contribution in [3.05, 3.63) is 68.9 Å². The maximum absolute atomic E-state index is 2.41. The Balaban J connectivity index is 1.91. The Morgan fingerprint density at radius 1 is 0.550 bits per heavy atom. The second-order valence-electron chi connectivity index (χ2n) is 6.59. The van der Waals surface area contributed by atoms with Crippen LogP contribution in [0.1, 0.15) is 53.4 Å². The van der Waals surface area contributed by atoms with Crippen LogP contribution in [0.4, 0.5) is 0 Å². The molecule has 20 heavy (non-hydrogen) atoms. The van der Waals surface area contributed by atoms with Crippen LogP contribution in [0.15, 0.2) is 68.9 Å². The van der Waals surface area contributed by atoms with Gasteiger partial charge >= 0.3 is 0 Å². The molecule has 0 aliphatic heterocycles. The van der Waals surface area contributed by atoms with Gasteiger partial charge in [-0.1, -0.05) is 35.5 Å². The van der Waals surface area contributed by atoms with Crippen molar-refractivity contribution in [1.82, 2.24) is 0 Å². The molecular formula is C20H24. The van der Waals surface area contributed by atoms with E-state index in [4.69, 9.17) is 0 Å². The minimum atomic E-state index is 1.20. The lowest BCUT2D eigenvalue weighted by Crippen LogP contribution is -1.97. The zero-order valence-electron chi connectivity index (χ0n) is 13.1. The van der Waals surface area contributed by atoms with E-state index in [-0.39, 0.29) is 0 Å². The van der Waals surface area contributed by atoms with Crippen LogP contribution in [0.5, 0.6) is 0 Å². The van der Waals surface area contributed by atoms with E-state index in [9.17, 15) is 0 Å². The van der Waals surface area contributed by atoms with Gasteiger partial charge in [-0.05, 0) is 86.8 Å². The summed E-state index contributed by atoms with van der Waals surface area (Å²) in [5, 5.41) is 0. The van der Waals surface area contributed by atoms with Gasteiger partial charge in [0.15, 0.2) is 0 Å². The minimum absolute atomic E-state index is 1.20. The highest BCUT2D eigenvalue weighted by Crippen LogP contribution is 2.40. The van der Waals surface area contributed by atoms with Crippen molar-refractivity contribution in [3.8, 4) is 0 Å². The molecule has 0 aromatic carbocycles. The zero-order valence-corrected chi connectivity index (χ0v) is 13.1. The van der Waals surface area contributed by atoms with Gasteiger partial charge in [-0.15, -0.1) is 0 Å². The summed E-state index contributed by atoms with van der Waals surface area (Å²) in [5.74, 6) is 0. The Morgan fingerprint density at radius 2 is 0.800 bits per heavy atom. The highest BCUT2D eigenvalue weighted by Gasteiger charge is 2.21. The summed E-state index contributed by atoms with van der Waals surface area (Å²) in [6.45, 7) is 8.85. The largest absolute Gasteiger partial charge is 0.0692 e. The maximum Gasteiger partial charge on any atom is -0.0235 e. The molecule has 0 aromatic rings. The van der Waals surface area contributed by atoms with Gasteiger partial charge in [-0.2, -0.15) is 0 Å². The molecule has 0 atom stereocenters. The van der Waals surface area contributed by atoms with Gasteiger partial charge < -0.3 is 0 Å². The number of rotatable bonds is 0. The number of allylic oxidation sites excluding steroid dienone is 12. The summed E-state index contributed by atoms with van der Waals surface area (Å²) < 4.78 is 0. The summed E-state index contributed by atoms with van der Waals surface area (Å²) in [5.41, 5.74) is 12.0. The van der Waals surface area contributed by atoms with E-state index < -0.39 is 0 Å². The van der Waals surface area contributed by atoms with Gasteiger partial charge in [-0.3, -0.25) is 0 Å². The molecule has 0 heterocycles. The van der Waals surface area contributed by atoms with Crippen molar-refractivity contribution in [2.45, 2.75) is 53.4 Å². The van der Waals surface area contributed by atoms with E-state index in [1.54, 1.807) is 22.3 Å². The first-order chi connectivity index (χ1) is 9.54. The molecule has 0 nitrogen and oxygen atoms in total. The van der Waals surface area contributed by atoms with Crippen LogP contribution in [0.2, 0.25) is 0 Å². The first-order valence-electron chi connectivity index (χ1n) is 7.72. The molecule has 3 rings (SSSR count). The fraction of sp³-hybridized carbons (Fsp3) is 0.400. The van der Waals surface area contributed by atoms with Crippen molar-refractivity contribution in [1.29, 1.82) is 0 Å². The summed E-state index contributed by atoms with van der Waals surface area (Å²) in [7, 11) is 0. The van der Waals surface area contributed by atoms with E-state index in [1.807, 2.05) is 0 Å². The highest BCUT2D eigenvalue weighted by molar-refractivity contribution is 5.58. The normalized spacial score (nSPS) is 21.2. The molecule has 3 aliphatic rings. The summed E-state index contributed by atoms with van der Waals surface area (Å²) in [6.07, 6.45) is 14.4. The third-order valence-corrected chi connectivity index (χ3v) is 4.63. The van der Waals surface area contributed by atoms with Crippen LogP contribution < -0.4 is 0 Å². The van der Waals surface area contributed by atoms with Crippen LogP contribution in [0.25, 0.3) is 0 Å². The quantitative estimate of drug-likeness (QED) is 0.506. The fourth-order valence-corrected chi connectivity index (χ4v) is 3.25. The molecule has 0 bridgehead atoms. The second kappa shape index (κ2) is 5.09.